The highest BCUT2D eigenvalue weighted by Gasteiger charge is 2.30. The van der Waals surface area contributed by atoms with Crippen LogP contribution in [0.25, 0.3) is 0 Å². The van der Waals surface area contributed by atoms with Crippen LogP contribution in [-0.4, -0.2) is 16.7 Å². The van der Waals surface area contributed by atoms with Crippen LogP contribution in [0.15, 0.2) is 46.1 Å². The largest absolute Gasteiger partial charge is 0.416 e. The van der Waals surface area contributed by atoms with Crippen molar-refractivity contribution in [3.8, 4) is 0 Å². The van der Waals surface area contributed by atoms with Crippen molar-refractivity contribution < 1.29 is 13.2 Å². The summed E-state index contributed by atoms with van der Waals surface area (Å²) in [4.78, 5) is 1.30. The Morgan fingerprint density at radius 3 is 2.76 bits per heavy atom. The third-order valence-electron chi connectivity index (χ3n) is 3.25. The molecule has 2 aromatic heterocycles. The van der Waals surface area contributed by atoms with E-state index in [0.717, 1.165) is 28.5 Å². The van der Waals surface area contributed by atoms with Gasteiger partial charge in [0.2, 0.25) is 5.13 Å². The molecule has 25 heavy (non-hydrogen) atoms. The van der Waals surface area contributed by atoms with Crippen molar-refractivity contribution in [1.29, 1.82) is 0 Å². The predicted molar refractivity (Wildman–Crippen MR) is 97.4 cm³/mol. The summed E-state index contributed by atoms with van der Waals surface area (Å²) in [6.45, 7) is 0.771. The highest BCUT2D eigenvalue weighted by molar-refractivity contribution is 8.00. The monoisotopic (exact) mass is 401 g/mol. The Morgan fingerprint density at radius 2 is 2.00 bits per heavy atom. The highest BCUT2D eigenvalue weighted by atomic mass is 32.2. The van der Waals surface area contributed by atoms with Crippen LogP contribution in [0, 0.1) is 0 Å². The molecule has 0 unspecified atom stereocenters. The third kappa shape index (κ3) is 5.45. The quantitative estimate of drug-likeness (QED) is 0.526. The minimum Gasteiger partial charge on any atom is -0.360 e. The summed E-state index contributed by atoms with van der Waals surface area (Å²) < 4.78 is 38.9. The standard InChI is InChI=1S/C16H14F3N3S3/c17-16(18,19)12-4-1-3-11(9-12)10-24-15-22-21-14(25-15)20-7-6-13-5-2-8-23-13/h1-5,8-9H,6-7,10H2,(H,20,21). The second kappa shape index (κ2) is 8.20. The van der Waals surface area contributed by atoms with Gasteiger partial charge < -0.3 is 5.32 Å². The molecule has 0 spiro atoms. The maximum absolute atomic E-state index is 12.7. The van der Waals surface area contributed by atoms with Gasteiger partial charge in [-0.15, -0.1) is 21.5 Å². The molecule has 3 rings (SSSR count). The normalized spacial score (nSPS) is 11.6. The number of hydrogen-bond acceptors (Lipinski definition) is 6. The second-order valence-corrected chi connectivity index (χ2v) is 8.35. The Kier molecular flexibility index (Phi) is 5.98. The number of halogens is 3. The van der Waals surface area contributed by atoms with Crippen molar-refractivity contribution in [3.05, 3.63) is 57.8 Å². The minimum atomic E-state index is -4.32. The van der Waals surface area contributed by atoms with E-state index in [1.165, 1.54) is 40.1 Å². The van der Waals surface area contributed by atoms with Gasteiger partial charge in [-0.05, 0) is 29.5 Å². The van der Waals surface area contributed by atoms with E-state index in [1.54, 1.807) is 17.4 Å². The molecule has 0 fully saturated rings. The number of alkyl halides is 3. The van der Waals surface area contributed by atoms with Crippen LogP contribution in [0.3, 0.4) is 0 Å². The fourth-order valence-corrected chi connectivity index (χ4v) is 4.50. The SMILES string of the molecule is FC(F)(F)c1cccc(CSc2nnc(NCCc3cccs3)s2)c1. The summed E-state index contributed by atoms with van der Waals surface area (Å²) in [6.07, 6.45) is -3.40. The molecule has 0 saturated heterocycles. The first-order valence-corrected chi connectivity index (χ1v) is 10.1. The van der Waals surface area contributed by atoms with E-state index in [1.807, 2.05) is 11.4 Å². The number of anilines is 1. The van der Waals surface area contributed by atoms with Crippen molar-refractivity contribution in [2.24, 2.45) is 0 Å². The summed E-state index contributed by atoms with van der Waals surface area (Å²) in [5, 5.41) is 14.1. The van der Waals surface area contributed by atoms with E-state index in [0.29, 0.717) is 11.3 Å². The summed E-state index contributed by atoms with van der Waals surface area (Å²) >= 11 is 4.51. The smallest absolute Gasteiger partial charge is 0.360 e. The van der Waals surface area contributed by atoms with E-state index in [2.05, 4.69) is 21.6 Å². The average molecular weight is 402 g/mol. The predicted octanol–water partition coefficient (Wildman–Crippen LogP) is 5.57. The van der Waals surface area contributed by atoms with Gasteiger partial charge in [0.1, 0.15) is 0 Å². The van der Waals surface area contributed by atoms with E-state index in [-0.39, 0.29) is 0 Å². The van der Waals surface area contributed by atoms with Gasteiger partial charge in [-0.2, -0.15) is 13.2 Å². The van der Waals surface area contributed by atoms with Gasteiger partial charge in [-0.1, -0.05) is 47.4 Å². The molecular weight excluding hydrogens is 387 g/mol. The maximum Gasteiger partial charge on any atom is 0.416 e. The lowest BCUT2D eigenvalue weighted by atomic mass is 10.1. The van der Waals surface area contributed by atoms with E-state index in [4.69, 9.17) is 0 Å². The van der Waals surface area contributed by atoms with Crippen molar-refractivity contribution >= 4 is 39.6 Å². The molecule has 0 aliphatic rings. The zero-order valence-electron chi connectivity index (χ0n) is 12.9. The Labute approximate surface area is 155 Å². The zero-order chi connectivity index (χ0) is 17.7. The Hall–Kier alpha value is -1.58. The minimum absolute atomic E-state index is 0.424. The topological polar surface area (TPSA) is 37.8 Å². The first kappa shape index (κ1) is 18.2. The molecule has 1 N–H and O–H groups in total. The number of nitrogens with one attached hydrogen (secondary N) is 1. The summed E-state index contributed by atoms with van der Waals surface area (Å²) in [5.41, 5.74) is -0.0129. The second-order valence-electron chi connectivity index (χ2n) is 5.12. The van der Waals surface area contributed by atoms with Crippen LogP contribution < -0.4 is 5.32 Å². The van der Waals surface area contributed by atoms with Crippen LogP contribution >= 0.6 is 34.4 Å². The third-order valence-corrected chi connectivity index (χ3v) is 6.27. The van der Waals surface area contributed by atoms with Crippen LogP contribution in [0.1, 0.15) is 16.0 Å². The van der Waals surface area contributed by atoms with E-state index < -0.39 is 11.7 Å². The molecule has 1 aromatic carbocycles. The van der Waals surface area contributed by atoms with Crippen LogP contribution in [0.2, 0.25) is 0 Å². The summed E-state index contributed by atoms with van der Waals surface area (Å²) in [5.74, 6) is 0.424. The lowest BCUT2D eigenvalue weighted by Crippen LogP contribution is -2.04. The first-order chi connectivity index (χ1) is 12.0. The lowest BCUT2D eigenvalue weighted by molar-refractivity contribution is -0.137. The Balaban J connectivity index is 1.50. The van der Waals surface area contributed by atoms with Crippen LogP contribution in [-0.2, 0) is 18.3 Å². The molecule has 0 saturated carbocycles. The number of thiophene rings is 1. The number of benzene rings is 1. The Morgan fingerprint density at radius 1 is 1.12 bits per heavy atom. The van der Waals surface area contributed by atoms with Crippen LogP contribution in [0.5, 0.6) is 0 Å². The van der Waals surface area contributed by atoms with Gasteiger partial charge in [-0.25, -0.2) is 0 Å². The number of aromatic nitrogens is 2. The number of rotatable bonds is 7. The van der Waals surface area contributed by atoms with Crippen molar-refractivity contribution in [2.75, 3.05) is 11.9 Å². The molecule has 0 aliphatic carbocycles. The average Bonchev–Trinajstić information content (AvgIpc) is 3.24. The highest BCUT2D eigenvalue weighted by Crippen LogP contribution is 2.32. The Bertz CT molecular complexity index is 800. The van der Waals surface area contributed by atoms with Gasteiger partial charge in [0.15, 0.2) is 4.34 Å². The van der Waals surface area contributed by atoms with Crippen molar-refractivity contribution in [1.82, 2.24) is 10.2 Å². The fraction of sp³-hybridized carbons (Fsp3) is 0.250. The molecule has 0 radical (unpaired) electrons. The maximum atomic E-state index is 12.7. The first-order valence-electron chi connectivity index (χ1n) is 7.39. The van der Waals surface area contributed by atoms with Gasteiger partial charge in [0, 0.05) is 17.2 Å². The van der Waals surface area contributed by atoms with Gasteiger partial charge >= 0.3 is 6.18 Å². The number of hydrogen-bond donors (Lipinski definition) is 1. The van der Waals surface area contributed by atoms with Gasteiger partial charge in [-0.3, -0.25) is 0 Å². The number of nitrogens with zero attached hydrogens (tertiary/aromatic N) is 2. The molecule has 0 atom stereocenters. The number of thioether (sulfide) groups is 1. The van der Waals surface area contributed by atoms with Crippen molar-refractivity contribution in [2.45, 2.75) is 22.7 Å². The summed E-state index contributed by atoms with van der Waals surface area (Å²) in [7, 11) is 0. The molecule has 0 amide bonds. The molecular formula is C16H14F3N3S3. The zero-order valence-corrected chi connectivity index (χ0v) is 15.4. The molecule has 3 nitrogen and oxygen atoms in total. The lowest BCUT2D eigenvalue weighted by Gasteiger charge is -2.07. The molecule has 0 bridgehead atoms. The molecule has 0 aliphatic heterocycles. The molecule has 9 heteroatoms. The molecule has 3 aromatic rings. The summed E-state index contributed by atoms with van der Waals surface area (Å²) in [6, 6.07) is 9.47. The van der Waals surface area contributed by atoms with Crippen LogP contribution in [0.4, 0.5) is 18.3 Å². The van der Waals surface area contributed by atoms with Crippen molar-refractivity contribution in [3.63, 3.8) is 0 Å². The van der Waals surface area contributed by atoms with E-state index in [9.17, 15) is 13.2 Å². The fourth-order valence-electron chi connectivity index (χ4n) is 2.07. The van der Waals surface area contributed by atoms with E-state index >= 15 is 0 Å². The van der Waals surface area contributed by atoms with Gasteiger partial charge in [0.05, 0.1) is 5.56 Å². The van der Waals surface area contributed by atoms with Gasteiger partial charge in [0.25, 0.3) is 0 Å². The molecule has 2 heterocycles. The molecule has 132 valence electrons.